The third-order valence-corrected chi connectivity index (χ3v) is 3.42. The highest BCUT2D eigenvalue weighted by molar-refractivity contribution is 6.37. The third-order valence-electron chi connectivity index (χ3n) is 2.84. The Morgan fingerprint density at radius 1 is 1.23 bits per heavy atom. The number of para-hydroxylation sites is 2. The van der Waals surface area contributed by atoms with E-state index in [0.29, 0.717) is 16.8 Å². The van der Waals surface area contributed by atoms with Crippen LogP contribution in [0.15, 0.2) is 45.8 Å². The van der Waals surface area contributed by atoms with Crippen molar-refractivity contribution in [3.63, 3.8) is 0 Å². The summed E-state index contributed by atoms with van der Waals surface area (Å²) in [6, 6.07) is 11.8. The van der Waals surface area contributed by atoms with Crippen LogP contribution in [0, 0.1) is 11.3 Å². The van der Waals surface area contributed by atoms with Crippen molar-refractivity contribution in [3.8, 4) is 11.8 Å². The molecule has 1 aromatic heterocycles. The highest BCUT2D eigenvalue weighted by Gasteiger charge is 2.13. The molecule has 22 heavy (non-hydrogen) atoms. The number of oxazole rings is 1. The number of phenolic OH excluding ortho intramolecular Hbond substituents is 1. The van der Waals surface area contributed by atoms with Crippen LogP contribution in [0.3, 0.4) is 0 Å². The van der Waals surface area contributed by atoms with E-state index in [1.807, 2.05) is 12.1 Å². The minimum Gasteiger partial charge on any atom is -0.505 e. The number of phenols is 1. The molecular formula is C15H7Cl2N3O2. The highest BCUT2D eigenvalue weighted by atomic mass is 35.5. The molecule has 0 aliphatic heterocycles. The van der Waals surface area contributed by atoms with Crippen LogP contribution in [0.5, 0.6) is 5.75 Å². The van der Waals surface area contributed by atoms with Crippen LogP contribution in [0.2, 0.25) is 10.0 Å². The molecule has 0 fully saturated rings. The van der Waals surface area contributed by atoms with Crippen molar-refractivity contribution < 1.29 is 9.52 Å². The first-order valence-electron chi connectivity index (χ1n) is 6.11. The summed E-state index contributed by atoms with van der Waals surface area (Å²) in [6.07, 6.45) is 0. The van der Waals surface area contributed by atoms with Gasteiger partial charge in [0.2, 0.25) is 5.71 Å². The van der Waals surface area contributed by atoms with Crippen molar-refractivity contribution in [2.75, 3.05) is 0 Å². The average Bonchev–Trinajstić information content (AvgIpc) is 2.93. The van der Waals surface area contributed by atoms with Crippen LogP contribution in [0.1, 0.15) is 5.89 Å². The van der Waals surface area contributed by atoms with Crippen molar-refractivity contribution in [3.05, 3.63) is 52.3 Å². The second kappa shape index (κ2) is 5.68. The van der Waals surface area contributed by atoms with Gasteiger partial charge in [0, 0.05) is 0 Å². The number of halogens is 2. The predicted molar refractivity (Wildman–Crippen MR) is 83.9 cm³/mol. The van der Waals surface area contributed by atoms with Gasteiger partial charge in [-0.1, -0.05) is 35.3 Å². The molecule has 0 spiro atoms. The summed E-state index contributed by atoms with van der Waals surface area (Å²) in [5.41, 5.74) is 1.48. The second-order valence-corrected chi connectivity index (χ2v) is 5.13. The van der Waals surface area contributed by atoms with E-state index >= 15 is 0 Å². The summed E-state index contributed by atoms with van der Waals surface area (Å²) in [7, 11) is 0. The minimum absolute atomic E-state index is 0.0194. The topological polar surface area (TPSA) is 82.4 Å². The Morgan fingerprint density at radius 3 is 2.55 bits per heavy atom. The molecule has 0 atom stereocenters. The monoisotopic (exact) mass is 331 g/mol. The van der Waals surface area contributed by atoms with E-state index in [4.69, 9.17) is 27.6 Å². The molecule has 2 aromatic carbocycles. The molecule has 0 saturated heterocycles. The number of hydrogen-bond donors (Lipinski definition) is 1. The van der Waals surface area contributed by atoms with Gasteiger partial charge in [0.1, 0.15) is 11.6 Å². The molecule has 0 amide bonds. The lowest BCUT2D eigenvalue weighted by Gasteiger charge is -2.01. The zero-order valence-corrected chi connectivity index (χ0v) is 12.4. The van der Waals surface area contributed by atoms with Gasteiger partial charge < -0.3 is 9.52 Å². The van der Waals surface area contributed by atoms with Gasteiger partial charge in [-0.15, -0.1) is 0 Å². The van der Waals surface area contributed by atoms with Gasteiger partial charge in [-0.3, -0.25) is 0 Å². The minimum atomic E-state index is -0.234. The average molecular weight is 332 g/mol. The van der Waals surface area contributed by atoms with Gasteiger partial charge in [-0.05, 0) is 24.3 Å². The molecule has 1 N–H and O–H groups in total. The van der Waals surface area contributed by atoms with Crippen molar-refractivity contribution in [2.24, 2.45) is 4.99 Å². The lowest BCUT2D eigenvalue weighted by Crippen LogP contribution is -1.96. The summed E-state index contributed by atoms with van der Waals surface area (Å²) in [4.78, 5) is 8.33. The van der Waals surface area contributed by atoms with E-state index in [2.05, 4.69) is 9.98 Å². The molecule has 108 valence electrons. The van der Waals surface area contributed by atoms with E-state index in [1.54, 1.807) is 18.2 Å². The SMILES string of the molecule is N#CC(=Nc1cc(Cl)c(O)c(Cl)c1)c1nc2ccccc2o1. The maximum atomic E-state index is 9.53. The molecule has 7 heteroatoms. The second-order valence-electron chi connectivity index (χ2n) is 4.32. The summed E-state index contributed by atoms with van der Waals surface area (Å²) >= 11 is 11.7. The first kappa shape index (κ1) is 14.4. The van der Waals surface area contributed by atoms with Gasteiger partial charge >= 0.3 is 0 Å². The quantitative estimate of drug-likeness (QED) is 0.701. The molecule has 1 heterocycles. The Hall–Kier alpha value is -2.55. The fourth-order valence-electron chi connectivity index (χ4n) is 1.84. The van der Waals surface area contributed by atoms with Crippen LogP contribution < -0.4 is 0 Å². The number of benzene rings is 2. The largest absolute Gasteiger partial charge is 0.505 e. The van der Waals surface area contributed by atoms with E-state index in [-0.39, 0.29) is 27.4 Å². The Labute approximate surface area is 135 Å². The maximum Gasteiger partial charge on any atom is 0.257 e. The summed E-state index contributed by atoms with van der Waals surface area (Å²) in [5.74, 6) is -0.133. The number of fused-ring (bicyclic) bond motifs is 1. The van der Waals surface area contributed by atoms with E-state index in [0.717, 1.165) is 0 Å². The van der Waals surface area contributed by atoms with Crippen LogP contribution in [0.25, 0.3) is 11.1 Å². The number of hydrogen-bond acceptors (Lipinski definition) is 5. The standard InChI is InChI=1S/C15H7Cl2N3O2/c16-9-5-8(6-10(17)14(9)21)19-12(7-18)15-20-11-3-1-2-4-13(11)22-15/h1-6,21H. The molecule has 0 unspecified atom stereocenters. The first-order valence-corrected chi connectivity index (χ1v) is 6.87. The Bertz CT molecular complexity index is 885. The van der Waals surface area contributed by atoms with Crippen molar-refractivity contribution in [1.29, 1.82) is 5.26 Å². The van der Waals surface area contributed by atoms with Crippen molar-refractivity contribution in [1.82, 2.24) is 4.98 Å². The highest BCUT2D eigenvalue weighted by Crippen LogP contribution is 2.35. The number of aromatic hydroxyl groups is 1. The maximum absolute atomic E-state index is 9.53. The Kier molecular flexibility index (Phi) is 3.72. The van der Waals surface area contributed by atoms with E-state index in [1.165, 1.54) is 12.1 Å². The molecule has 0 aliphatic carbocycles. The van der Waals surface area contributed by atoms with Crippen molar-refractivity contribution >= 4 is 45.7 Å². The Balaban J connectivity index is 2.09. The number of nitrogens with zero attached hydrogens (tertiary/aromatic N) is 3. The molecule has 3 aromatic rings. The zero-order chi connectivity index (χ0) is 15.7. The van der Waals surface area contributed by atoms with Gasteiger partial charge in [0.05, 0.1) is 15.7 Å². The summed E-state index contributed by atoms with van der Waals surface area (Å²) < 4.78 is 5.50. The number of aromatic nitrogens is 1. The van der Waals surface area contributed by atoms with Crippen LogP contribution in [-0.4, -0.2) is 15.8 Å². The molecule has 0 radical (unpaired) electrons. The lowest BCUT2D eigenvalue weighted by atomic mass is 10.3. The van der Waals surface area contributed by atoms with Crippen LogP contribution >= 0.6 is 23.2 Å². The van der Waals surface area contributed by atoms with Gasteiger partial charge in [-0.2, -0.15) is 5.26 Å². The molecule has 0 aliphatic rings. The van der Waals surface area contributed by atoms with Gasteiger partial charge in [0.15, 0.2) is 11.3 Å². The van der Waals surface area contributed by atoms with Gasteiger partial charge in [-0.25, -0.2) is 9.98 Å². The van der Waals surface area contributed by atoms with E-state index in [9.17, 15) is 10.4 Å². The zero-order valence-electron chi connectivity index (χ0n) is 10.9. The lowest BCUT2D eigenvalue weighted by molar-refractivity contribution is 0.476. The fraction of sp³-hybridized carbons (Fsp3) is 0. The van der Waals surface area contributed by atoms with Gasteiger partial charge in [0.25, 0.3) is 5.89 Å². The Morgan fingerprint density at radius 2 is 1.91 bits per heavy atom. The van der Waals surface area contributed by atoms with Crippen LogP contribution in [0.4, 0.5) is 5.69 Å². The fourth-order valence-corrected chi connectivity index (χ4v) is 2.32. The molecule has 0 bridgehead atoms. The van der Waals surface area contributed by atoms with E-state index < -0.39 is 0 Å². The first-order chi connectivity index (χ1) is 10.6. The van der Waals surface area contributed by atoms with Crippen LogP contribution in [-0.2, 0) is 0 Å². The molecular weight excluding hydrogens is 325 g/mol. The van der Waals surface area contributed by atoms with Crippen molar-refractivity contribution in [2.45, 2.75) is 0 Å². The smallest absolute Gasteiger partial charge is 0.257 e. The molecule has 5 nitrogen and oxygen atoms in total. The normalized spacial score (nSPS) is 11.6. The molecule has 3 rings (SSSR count). The number of rotatable bonds is 2. The number of aliphatic imine (C=N–C) groups is 1. The summed E-state index contributed by atoms with van der Waals surface area (Å²) in [5, 5.41) is 18.9. The third kappa shape index (κ3) is 2.62. The predicted octanol–water partition coefficient (Wildman–Crippen LogP) is 4.48. The number of nitriles is 1. The summed E-state index contributed by atoms with van der Waals surface area (Å²) in [6.45, 7) is 0. The molecule has 0 saturated carbocycles.